The molecule has 0 spiro atoms. The summed E-state index contributed by atoms with van der Waals surface area (Å²) in [5.41, 5.74) is 2.32. The molecular weight excluding hydrogens is 270 g/mol. The minimum atomic E-state index is 0.224. The van der Waals surface area contributed by atoms with Crippen molar-refractivity contribution in [2.45, 2.75) is 51.5 Å². The first kappa shape index (κ1) is 15.4. The van der Waals surface area contributed by atoms with Gasteiger partial charge in [-0.25, -0.2) is 0 Å². The summed E-state index contributed by atoms with van der Waals surface area (Å²) in [6, 6.07) is 8.63. The van der Waals surface area contributed by atoms with Crippen LogP contribution in [0.1, 0.15) is 43.2 Å². The van der Waals surface area contributed by atoms with E-state index in [0.717, 1.165) is 18.4 Å². The van der Waals surface area contributed by atoms with Crippen molar-refractivity contribution in [3.05, 3.63) is 35.4 Å². The third kappa shape index (κ3) is 4.24. The molecule has 2 nitrogen and oxygen atoms in total. The fourth-order valence-corrected chi connectivity index (χ4v) is 3.16. The van der Waals surface area contributed by atoms with Gasteiger partial charge in [-0.1, -0.05) is 49.1 Å². The van der Waals surface area contributed by atoms with Gasteiger partial charge in [-0.3, -0.25) is 4.79 Å². The van der Waals surface area contributed by atoms with Gasteiger partial charge in [0.1, 0.15) is 0 Å². The largest absolute Gasteiger partial charge is 0.338 e. The normalized spacial score (nSPS) is 16.1. The van der Waals surface area contributed by atoms with Crippen LogP contribution >= 0.6 is 11.6 Å². The number of amides is 1. The van der Waals surface area contributed by atoms with E-state index in [-0.39, 0.29) is 5.91 Å². The molecule has 20 heavy (non-hydrogen) atoms. The maximum Gasteiger partial charge on any atom is 0.227 e. The topological polar surface area (TPSA) is 20.3 Å². The summed E-state index contributed by atoms with van der Waals surface area (Å²) >= 11 is 5.89. The second kappa shape index (κ2) is 7.68. The molecule has 0 bridgehead atoms. The summed E-state index contributed by atoms with van der Waals surface area (Å²) in [7, 11) is 0. The van der Waals surface area contributed by atoms with Crippen molar-refractivity contribution in [2.24, 2.45) is 0 Å². The number of carbonyl (C=O) groups is 1. The zero-order valence-electron chi connectivity index (χ0n) is 12.3. The number of nitrogens with zero attached hydrogens (tertiary/aromatic N) is 1. The fourth-order valence-electron chi connectivity index (χ4n) is 2.98. The van der Waals surface area contributed by atoms with Gasteiger partial charge in [0.25, 0.3) is 0 Å². The Morgan fingerprint density at radius 3 is 2.45 bits per heavy atom. The van der Waals surface area contributed by atoms with Gasteiger partial charge >= 0.3 is 0 Å². The average Bonchev–Trinajstić information content (AvgIpc) is 2.48. The lowest BCUT2D eigenvalue weighted by Gasteiger charge is -2.34. The number of halogens is 1. The molecule has 0 atom stereocenters. The van der Waals surface area contributed by atoms with Gasteiger partial charge in [0.2, 0.25) is 5.91 Å². The van der Waals surface area contributed by atoms with E-state index in [0.29, 0.717) is 24.9 Å². The smallest absolute Gasteiger partial charge is 0.227 e. The molecule has 1 aliphatic rings. The van der Waals surface area contributed by atoms with Crippen LogP contribution in [0, 0.1) is 6.92 Å². The number of benzene rings is 1. The molecule has 0 N–H and O–H groups in total. The maximum absolute atomic E-state index is 12.6. The molecule has 0 radical (unpaired) electrons. The molecule has 2 rings (SSSR count). The minimum Gasteiger partial charge on any atom is -0.338 e. The average molecular weight is 294 g/mol. The van der Waals surface area contributed by atoms with Gasteiger partial charge in [-0.2, -0.15) is 0 Å². The van der Waals surface area contributed by atoms with Gasteiger partial charge in [0.05, 0.1) is 6.42 Å². The van der Waals surface area contributed by atoms with Crippen LogP contribution in [0.3, 0.4) is 0 Å². The van der Waals surface area contributed by atoms with E-state index in [1.807, 2.05) is 17.0 Å². The summed E-state index contributed by atoms with van der Waals surface area (Å²) in [5.74, 6) is 0.747. The zero-order valence-corrected chi connectivity index (χ0v) is 13.0. The highest BCUT2D eigenvalue weighted by atomic mass is 35.5. The Hall–Kier alpha value is -1.02. The van der Waals surface area contributed by atoms with Crippen molar-refractivity contribution in [1.29, 1.82) is 0 Å². The second-order valence-electron chi connectivity index (χ2n) is 5.73. The van der Waals surface area contributed by atoms with Crippen LogP contribution in [-0.4, -0.2) is 29.3 Å². The molecule has 0 heterocycles. The lowest BCUT2D eigenvalue weighted by Crippen LogP contribution is -2.43. The number of alkyl halides is 1. The van der Waals surface area contributed by atoms with Crippen LogP contribution in [0.2, 0.25) is 0 Å². The second-order valence-corrected chi connectivity index (χ2v) is 6.11. The van der Waals surface area contributed by atoms with Crippen LogP contribution in [0.15, 0.2) is 24.3 Å². The van der Waals surface area contributed by atoms with Gasteiger partial charge < -0.3 is 4.90 Å². The first-order chi connectivity index (χ1) is 9.70. The van der Waals surface area contributed by atoms with Crippen molar-refractivity contribution in [3.8, 4) is 0 Å². The van der Waals surface area contributed by atoms with Crippen LogP contribution < -0.4 is 0 Å². The van der Waals surface area contributed by atoms with Gasteiger partial charge in [0.15, 0.2) is 0 Å². The van der Waals surface area contributed by atoms with Crippen LogP contribution in [-0.2, 0) is 11.2 Å². The molecule has 1 aromatic rings. The maximum atomic E-state index is 12.6. The molecule has 0 saturated heterocycles. The Balaban J connectivity index is 2.00. The highest BCUT2D eigenvalue weighted by molar-refractivity contribution is 6.18. The van der Waals surface area contributed by atoms with E-state index in [2.05, 4.69) is 19.1 Å². The summed E-state index contributed by atoms with van der Waals surface area (Å²) < 4.78 is 0. The third-order valence-electron chi connectivity index (χ3n) is 4.14. The molecule has 1 aliphatic carbocycles. The summed E-state index contributed by atoms with van der Waals surface area (Å²) in [6.07, 6.45) is 6.54. The molecular formula is C17H24ClNO. The molecule has 1 aromatic carbocycles. The number of hydrogen-bond acceptors (Lipinski definition) is 1. The molecule has 110 valence electrons. The lowest BCUT2D eigenvalue weighted by atomic mass is 9.93. The number of rotatable bonds is 5. The monoisotopic (exact) mass is 293 g/mol. The highest BCUT2D eigenvalue weighted by Gasteiger charge is 2.24. The first-order valence-electron chi connectivity index (χ1n) is 7.61. The molecule has 1 fully saturated rings. The Kier molecular flexibility index (Phi) is 5.90. The summed E-state index contributed by atoms with van der Waals surface area (Å²) in [4.78, 5) is 14.6. The van der Waals surface area contributed by atoms with Crippen molar-refractivity contribution in [2.75, 3.05) is 12.4 Å². The van der Waals surface area contributed by atoms with Crippen molar-refractivity contribution in [3.63, 3.8) is 0 Å². The SMILES string of the molecule is Cc1ccc(CC(=O)N(CCCl)C2CCCCC2)cc1. The van der Waals surface area contributed by atoms with Crippen molar-refractivity contribution in [1.82, 2.24) is 4.90 Å². The fraction of sp³-hybridized carbons (Fsp3) is 0.588. The van der Waals surface area contributed by atoms with Crippen LogP contribution in [0.5, 0.6) is 0 Å². The standard InChI is InChI=1S/C17H24ClNO/c1-14-7-9-15(10-8-14)13-17(20)19(12-11-18)16-5-3-2-4-6-16/h7-10,16H,2-6,11-13H2,1H3. The Bertz CT molecular complexity index is 423. The molecule has 0 unspecified atom stereocenters. The predicted octanol–water partition coefficient (Wildman–Crippen LogP) is 3.94. The quantitative estimate of drug-likeness (QED) is 0.753. The molecule has 0 aliphatic heterocycles. The summed E-state index contributed by atoms with van der Waals surface area (Å²) in [5, 5.41) is 0. The number of hydrogen-bond donors (Lipinski definition) is 0. The van der Waals surface area contributed by atoms with Crippen LogP contribution in [0.4, 0.5) is 0 Å². The molecule has 3 heteroatoms. The van der Waals surface area contributed by atoms with Crippen molar-refractivity contribution < 1.29 is 4.79 Å². The van der Waals surface area contributed by atoms with E-state index in [4.69, 9.17) is 11.6 Å². The lowest BCUT2D eigenvalue weighted by molar-refractivity contribution is -0.133. The van der Waals surface area contributed by atoms with Gasteiger partial charge in [-0.15, -0.1) is 11.6 Å². The number of aryl methyl sites for hydroxylation is 1. The van der Waals surface area contributed by atoms with Gasteiger partial charge in [0, 0.05) is 18.5 Å². The van der Waals surface area contributed by atoms with E-state index >= 15 is 0 Å². The Morgan fingerprint density at radius 1 is 1.20 bits per heavy atom. The zero-order chi connectivity index (χ0) is 14.4. The number of carbonyl (C=O) groups excluding carboxylic acids is 1. The van der Waals surface area contributed by atoms with E-state index in [1.54, 1.807) is 0 Å². The first-order valence-corrected chi connectivity index (χ1v) is 8.15. The highest BCUT2D eigenvalue weighted by Crippen LogP contribution is 2.23. The van der Waals surface area contributed by atoms with Gasteiger partial charge in [-0.05, 0) is 25.3 Å². The molecule has 0 aromatic heterocycles. The van der Waals surface area contributed by atoms with E-state index in [9.17, 15) is 4.79 Å². The minimum absolute atomic E-state index is 0.224. The molecule has 1 saturated carbocycles. The summed E-state index contributed by atoms with van der Waals surface area (Å²) in [6.45, 7) is 2.74. The van der Waals surface area contributed by atoms with E-state index < -0.39 is 0 Å². The predicted molar refractivity (Wildman–Crippen MR) is 84.2 cm³/mol. The van der Waals surface area contributed by atoms with E-state index in [1.165, 1.54) is 24.8 Å². The molecule has 1 amide bonds. The third-order valence-corrected chi connectivity index (χ3v) is 4.31. The van der Waals surface area contributed by atoms with Crippen LogP contribution in [0.25, 0.3) is 0 Å². The Morgan fingerprint density at radius 2 is 1.85 bits per heavy atom. The Labute approximate surface area is 127 Å². The van der Waals surface area contributed by atoms with Crippen molar-refractivity contribution >= 4 is 17.5 Å².